The molecule has 6 rings (SSSR count). The van der Waals surface area contributed by atoms with E-state index in [4.69, 9.17) is 14.5 Å². The molecule has 2 aromatic heterocycles. The fourth-order valence-electron chi connectivity index (χ4n) is 5.77. The van der Waals surface area contributed by atoms with Crippen molar-refractivity contribution in [1.29, 1.82) is 0 Å². The molecule has 10 heteroatoms. The number of aryl methyl sites for hydroxylation is 1. The number of aromatic carboxylic acids is 1. The van der Waals surface area contributed by atoms with Crippen molar-refractivity contribution in [2.75, 3.05) is 13.7 Å². The molecule has 5 aromatic rings. The van der Waals surface area contributed by atoms with Crippen molar-refractivity contribution in [1.82, 2.24) is 9.13 Å². The average molecular weight is 634 g/mol. The molecule has 232 valence electrons. The van der Waals surface area contributed by atoms with Crippen LogP contribution in [0.5, 0.6) is 5.75 Å². The lowest BCUT2D eigenvalue weighted by Crippen LogP contribution is -2.40. The van der Waals surface area contributed by atoms with Crippen LogP contribution in [-0.4, -0.2) is 39.9 Å². The van der Waals surface area contributed by atoms with Crippen LogP contribution >= 0.6 is 11.3 Å². The topological polar surface area (TPSA) is 112 Å². The minimum absolute atomic E-state index is 0.165. The van der Waals surface area contributed by atoms with E-state index in [9.17, 15) is 19.5 Å². The van der Waals surface area contributed by atoms with Gasteiger partial charge in [-0.3, -0.25) is 9.36 Å². The number of ether oxygens (including phenoxy) is 2. The number of methoxy groups -OCH3 is 1. The zero-order valence-corrected chi connectivity index (χ0v) is 26.5. The van der Waals surface area contributed by atoms with Crippen LogP contribution < -0.4 is 19.6 Å². The molecule has 3 aromatic carbocycles. The molecular weight excluding hydrogens is 602 g/mol. The van der Waals surface area contributed by atoms with Gasteiger partial charge in [0, 0.05) is 22.6 Å². The van der Waals surface area contributed by atoms with Gasteiger partial charge in [-0.2, -0.15) is 0 Å². The number of hydrogen-bond donors (Lipinski definition) is 1. The summed E-state index contributed by atoms with van der Waals surface area (Å²) in [4.78, 5) is 44.7. The van der Waals surface area contributed by atoms with E-state index in [-0.39, 0.29) is 23.3 Å². The van der Waals surface area contributed by atoms with E-state index < -0.39 is 18.0 Å². The molecule has 1 N–H and O–H groups in total. The van der Waals surface area contributed by atoms with Gasteiger partial charge in [0.05, 0.1) is 41.1 Å². The van der Waals surface area contributed by atoms with E-state index in [2.05, 4.69) is 0 Å². The molecule has 9 nitrogen and oxygen atoms in total. The van der Waals surface area contributed by atoms with Crippen LogP contribution in [0.4, 0.5) is 0 Å². The first-order chi connectivity index (χ1) is 22.2. The molecule has 0 amide bonds. The maximum absolute atomic E-state index is 14.3. The van der Waals surface area contributed by atoms with E-state index in [0.717, 1.165) is 28.2 Å². The number of rotatable bonds is 8. The third-order valence-corrected chi connectivity index (χ3v) is 8.92. The normalized spacial score (nSPS) is 14.5. The van der Waals surface area contributed by atoms with E-state index in [1.807, 2.05) is 73.0 Å². The number of esters is 1. The number of thiazole rings is 1. The van der Waals surface area contributed by atoms with Crippen molar-refractivity contribution in [3.05, 3.63) is 144 Å². The number of benzene rings is 3. The highest BCUT2D eigenvalue weighted by atomic mass is 32.1. The molecule has 46 heavy (non-hydrogen) atoms. The summed E-state index contributed by atoms with van der Waals surface area (Å²) in [6.07, 6.45) is 1.84. The summed E-state index contributed by atoms with van der Waals surface area (Å²) in [6, 6.07) is 24.6. The summed E-state index contributed by atoms with van der Waals surface area (Å²) in [5.74, 6) is -0.884. The highest BCUT2D eigenvalue weighted by Gasteiger charge is 2.35. The lowest BCUT2D eigenvalue weighted by atomic mass is 9.93. The maximum atomic E-state index is 14.3. The van der Waals surface area contributed by atoms with E-state index in [1.165, 1.54) is 11.3 Å². The molecule has 0 aliphatic carbocycles. The fraction of sp³-hybridized carbons (Fsp3) is 0.167. The number of carboxylic acids is 1. The molecule has 1 atom stereocenters. The number of carbonyl (C=O) groups is 2. The van der Waals surface area contributed by atoms with Gasteiger partial charge >= 0.3 is 11.9 Å². The van der Waals surface area contributed by atoms with Crippen molar-refractivity contribution >= 4 is 35.0 Å². The van der Waals surface area contributed by atoms with Crippen molar-refractivity contribution in [2.24, 2.45) is 4.99 Å². The Morgan fingerprint density at radius 2 is 1.70 bits per heavy atom. The Hall–Kier alpha value is -5.48. The first-order valence-corrected chi connectivity index (χ1v) is 15.5. The lowest BCUT2D eigenvalue weighted by Gasteiger charge is -2.26. The average Bonchev–Trinajstić information content (AvgIpc) is 3.53. The molecule has 0 saturated heterocycles. The Kier molecular flexibility index (Phi) is 8.29. The van der Waals surface area contributed by atoms with Gasteiger partial charge in [0.25, 0.3) is 5.56 Å². The van der Waals surface area contributed by atoms with Crippen LogP contribution in [0.1, 0.15) is 51.4 Å². The Labute approximate surface area is 268 Å². The maximum Gasteiger partial charge on any atom is 0.338 e. The van der Waals surface area contributed by atoms with Gasteiger partial charge in [-0.05, 0) is 80.4 Å². The van der Waals surface area contributed by atoms with Gasteiger partial charge in [0.2, 0.25) is 0 Å². The van der Waals surface area contributed by atoms with Crippen molar-refractivity contribution in [2.45, 2.75) is 26.8 Å². The van der Waals surface area contributed by atoms with Crippen LogP contribution in [0.3, 0.4) is 0 Å². The molecule has 0 fully saturated rings. The Morgan fingerprint density at radius 3 is 2.33 bits per heavy atom. The summed E-state index contributed by atoms with van der Waals surface area (Å²) in [5.41, 5.74) is 5.55. The summed E-state index contributed by atoms with van der Waals surface area (Å²) in [7, 11) is 1.58. The molecule has 0 radical (unpaired) electrons. The molecule has 0 unspecified atom stereocenters. The number of carbonyl (C=O) groups excluding carboxylic acids is 1. The quantitative estimate of drug-likeness (QED) is 0.240. The predicted octanol–water partition coefficient (Wildman–Crippen LogP) is 5.05. The van der Waals surface area contributed by atoms with E-state index in [1.54, 1.807) is 55.0 Å². The van der Waals surface area contributed by atoms with Crippen molar-refractivity contribution in [3.63, 3.8) is 0 Å². The van der Waals surface area contributed by atoms with Crippen LogP contribution in [0, 0.1) is 13.8 Å². The minimum Gasteiger partial charge on any atom is -0.497 e. The van der Waals surface area contributed by atoms with Gasteiger partial charge in [-0.1, -0.05) is 53.8 Å². The van der Waals surface area contributed by atoms with E-state index in [0.29, 0.717) is 26.3 Å². The predicted molar refractivity (Wildman–Crippen MR) is 176 cm³/mol. The molecule has 3 heterocycles. The standard InChI is InChI=1S/C36H31N3O6S/c1-5-45-35(43)30-31(23-9-7-6-8-10-23)37-36-39(32(30)24-13-17-28(44-4)18-14-24)33(40)29(46-36)20-26-19-21(2)38(22(26)3)27-15-11-25(12-16-27)34(41)42/h6-20,32H,5H2,1-4H3,(H,41,42)/b29-20+/t32-/m1/s1. The number of nitrogens with zero attached hydrogens (tertiary/aromatic N) is 3. The third-order valence-electron chi connectivity index (χ3n) is 7.93. The van der Waals surface area contributed by atoms with Crippen molar-refractivity contribution in [3.8, 4) is 11.4 Å². The highest BCUT2D eigenvalue weighted by molar-refractivity contribution is 7.07. The van der Waals surface area contributed by atoms with Crippen molar-refractivity contribution < 1.29 is 24.2 Å². The SMILES string of the molecule is CCOC(=O)C1=C(c2ccccc2)N=c2s/c(=C/c3cc(C)n(-c4ccc(C(=O)O)cc4)c3C)c(=O)n2[C@@H]1c1ccc(OC)cc1. The molecule has 0 spiro atoms. The molecule has 1 aliphatic rings. The lowest BCUT2D eigenvalue weighted by molar-refractivity contribution is -0.138. The van der Waals surface area contributed by atoms with Crippen LogP contribution in [-0.2, 0) is 9.53 Å². The fourth-order valence-corrected chi connectivity index (χ4v) is 6.76. The van der Waals surface area contributed by atoms with Gasteiger partial charge in [-0.15, -0.1) is 0 Å². The number of fused-ring (bicyclic) bond motifs is 1. The smallest absolute Gasteiger partial charge is 0.338 e. The zero-order valence-electron chi connectivity index (χ0n) is 25.7. The second-order valence-electron chi connectivity index (χ2n) is 10.7. The second-order valence-corrected chi connectivity index (χ2v) is 11.7. The van der Waals surface area contributed by atoms with Gasteiger partial charge < -0.3 is 19.1 Å². The van der Waals surface area contributed by atoms with Gasteiger partial charge in [-0.25, -0.2) is 14.6 Å². The summed E-state index contributed by atoms with van der Waals surface area (Å²) >= 11 is 1.26. The number of carboxylic acid groups (broad SMARTS) is 1. The van der Waals surface area contributed by atoms with Gasteiger partial charge in [0.1, 0.15) is 5.75 Å². The number of hydrogen-bond acceptors (Lipinski definition) is 7. The van der Waals surface area contributed by atoms with Crippen LogP contribution in [0.2, 0.25) is 0 Å². The Morgan fingerprint density at radius 1 is 1.00 bits per heavy atom. The van der Waals surface area contributed by atoms with Crippen LogP contribution in [0.25, 0.3) is 17.5 Å². The Balaban J connectivity index is 1.56. The summed E-state index contributed by atoms with van der Waals surface area (Å²) in [6.45, 7) is 5.82. The molecule has 0 saturated carbocycles. The summed E-state index contributed by atoms with van der Waals surface area (Å²) in [5, 5.41) is 9.30. The van der Waals surface area contributed by atoms with E-state index >= 15 is 0 Å². The summed E-state index contributed by atoms with van der Waals surface area (Å²) < 4.78 is 15.0. The molecular formula is C36H31N3O6S. The monoisotopic (exact) mass is 633 g/mol. The third kappa shape index (κ3) is 5.48. The molecule has 0 bridgehead atoms. The number of aromatic nitrogens is 2. The zero-order chi connectivity index (χ0) is 32.5. The first-order valence-electron chi connectivity index (χ1n) is 14.7. The molecule has 1 aliphatic heterocycles. The Bertz CT molecular complexity index is 2170. The highest BCUT2D eigenvalue weighted by Crippen LogP contribution is 2.35. The minimum atomic E-state index is -0.988. The first kappa shape index (κ1) is 30.5. The van der Waals surface area contributed by atoms with Gasteiger partial charge in [0.15, 0.2) is 4.80 Å². The largest absolute Gasteiger partial charge is 0.497 e. The van der Waals surface area contributed by atoms with Crippen LogP contribution in [0.15, 0.2) is 100 Å². The second kappa shape index (κ2) is 12.5.